The Morgan fingerprint density at radius 2 is 0.679 bits per heavy atom. The molecule has 456 valence electrons. The number of hydrogen-bond donors (Lipinski definition) is 3. The number of aryl methyl sites for hydroxylation is 7. The number of aromatic nitrogens is 3. The summed E-state index contributed by atoms with van der Waals surface area (Å²) >= 11 is 0. The van der Waals surface area contributed by atoms with Gasteiger partial charge in [-0.3, -0.25) is 58.4 Å². The molecule has 6 saturated heterocycles. The number of carboxylic acid groups (broad SMARTS) is 3. The topological polar surface area (TPSA) is 221 Å². The lowest BCUT2D eigenvalue weighted by Gasteiger charge is -2.46. The number of carbonyl (C=O) groups excluding carboxylic acids is 3. The summed E-state index contributed by atoms with van der Waals surface area (Å²) in [6.07, 6.45) is 27.4. The van der Waals surface area contributed by atoms with E-state index in [4.69, 9.17) is 30.3 Å². The summed E-state index contributed by atoms with van der Waals surface area (Å²) in [7, 11) is 0. The van der Waals surface area contributed by atoms with Crippen molar-refractivity contribution in [2.45, 2.75) is 173 Å². The molecule has 6 fully saturated rings. The van der Waals surface area contributed by atoms with Crippen LogP contribution in [0.2, 0.25) is 0 Å². The fourth-order valence-corrected chi connectivity index (χ4v) is 15.5. The molecular weight excluding hydrogens is 1060 g/mol. The first kappa shape index (κ1) is 61.2. The molecule has 9 aliphatic rings. The standard InChI is InChI=1S/C23H33N3O3.C22H31N3O3.C21H29N3O3/c27-21(28)17-25-15-11-23(12-16-25)10-4-14-26(22(23)29)13-3-6-19-9-8-18-5-1-2-7-20(18)24-19;26-20(27)16-24-14-10-22(11-15-24)9-3-12-25(21(22)28)13-8-18-7-6-17-4-1-2-5-19(17)23-18;25-19(26)15-23-12-8-21(9-13-23)10-14-24(20(21)27)11-7-17-6-5-16-3-1-2-4-18(16)22-17/h8-9H,1-7,10-17H2,(H,27,28);6-7H,1-5,8-16H2,(H,26,27);5-6H,1-4,7-15H2,(H,25,26). The SMILES string of the molecule is O=C(O)CN1CCC2(CC1)CCN(CCc1ccc3c(n1)CCCC3)C2=O.O=C(O)CN1CCC2(CCCN(CCCc3ccc4c(n3)CCCC4)C2=O)CC1.O=C(O)CN1CCC2(CCCN(CCc3ccc4c(n3)CCCC4)C2=O)CC1. The van der Waals surface area contributed by atoms with E-state index in [1.807, 2.05) is 24.5 Å². The quantitative estimate of drug-likeness (QED) is 0.133. The third-order valence-electron chi connectivity index (χ3n) is 20.6. The van der Waals surface area contributed by atoms with Crippen LogP contribution in [0.4, 0.5) is 0 Å². The van der Waals surface area contributed by atoms with Gasteiger partial charge in [0.25, 0.3) is 0 Å². The van der Waals surface area contributed by atoms with E-state index in [9.17, 15) is 28.8 Å². The van der Waals surface area contributed by atoms with E-state index in [2.05, 4.69) is 41.3 Å². The second kappa shape index (κ2) is 28.1. The molecule has 3 amide bonds. The molecule has 0 atom stereocenters. The third kappa shape index (κ3) is 15.2. The summed E-state index contributed by atoms with van der Waals surface area (Å²) in [5.74, 6) is -1.50. The molecule has 0 radical (unpaired) electrons. The molecule has 0 bridgehead atoms. The minimum absolute atomic E-state index is 0.0813. The van der Waals surface area contributed by atoms with Crippen LogP contribution in [-0.4, -0.2) is 193 Å². The van der Waals surface area contributed by atoms with Crippen molar-refractivity contribution in [2.24, 2.45) is 16.2 Å². The van der Waals surface area contributed by atoms with E-state index in [1.54, 1.807) is 0 Å². The lowest BCUT2D eigenvalue weighted by atomic mass is 9.71. The van der Waals surface area contributed by atoms with E-state index in [0.717, 1.165) is 191 Å². The summed E-state index contributed by atoms with van der Waals surface area (Å²) in [6.45, 7) is 9.30. The number of hydrogen-bond acceptors (Lipinski definition) is 12. The maximum absolute atomic E-state index is 13.3. The molecule has 0 saturated carbocycles. The summed E-state index contributed by atoms with van der Waals surface area (Å²) < 4.78 is 0. The van der Waals surface area contributed by atoms with Crippen molar-refractivity contribution in [2.75, 3.05) is 98.2 Å². The molecule has 0 unspecified atom stereocenters. The van der Waals surface area contributed by atoms with Gasteiger partial charge in [0.2, 0.25) is 17.7 Å². The second-order valence-corrected chi connectivity index (χ2v) is 26.1. The van der Waals surface area contributed by atoms with Gasteiger partial charge in [-0.2, -0.15) is 0 Å². The Morgan fingerprint density at radius 1 is 0.369 bits per heavy atom. The Kier molecular flexibility index (Phi) is 20.5. The van der Waals surface area contributed by atoms with E-state index in [0.29, 0.717) is 45.2 Å². The number of carbonyl (C=O) groups is 6. The number of piperidine rings is 5. The minimum Gasteiger partial charge on any atom is -0.480 e. The number of pyridine rings is 3. The largest absolute Gasteiger partial charge is 0.480 e. The number of carboxylic acids is 3. The van der Waals surface area contributed by atoms with Gasteiger partial charge in [-0.15, -0.1) is 0 Å². The highest BCUT2D eigenvalue weighted by atomic mass is 16.4. The molecule has 3 N–H and O–H groups in total. The Morgan fingerprint density at radius 3 is 1.05 bits per heavy atom. The van der Waals surface area contributed by atoms with Gasteiger partial charge in [0, 0.05) is 86.3 Å². The third-order valence-corrected chi connectivity index (χ3v) is 20.6. The van der Waals surface area contributed by atoms with Crippen LogP contribution in [0.25, 0.3) is 0 Å². The number of likely N-dealkylation sites (tertiary alicyclic amines) is 6. The summed E-state index contributed by atoms with van der Waals surface area (Å²) in [4.78, 5) is 98.8. The molecule has 18 heteroatoms. The molecular formula is C66H93N9O9. The Bertz CT molecular complexity index is 2820. The van der Waals surface area contributed by atoms with Crippen LogP contribution in [0.5, 0.6) is 0 Å². The molecule has 84 heavy (non-hydrogen) atoms. The van der Waals surface area contributed by atoms with Crippen LogP contribution in [0, 0.1) is 16.2 Å². The normalized spacial score (nSPS) is 22.1. The predicted molar refractivity (Wildman–Crippen MR) is 318 cm³/mol. The maximum Gasteiger partial charge on any atom is 0.317 e. The number of rotatable bonds is 16. The maximum atomic E-state index is 13.3. The van der Waals surface area contributed by atoms with Crippen molar-refractivity contribution in [3.8, 4) is 0 Å². The molecule has 0 aromatic carbocycles. The lowest BCUT2D eigenvalue weighted by molar-refractivity contribution is -0.151. The summed E-state index contributed by atoms with van der Waals surface area (Å²) in [5, 5.41) is 26.9. The number of nitrogens with zero attached hydrogens (tertiary/aromatic N) is 9. The van der Waals surface area contributed by atoms with Crippen molar-refractivity contribution in [1.29, 1.82) is 0 Å². The zero-order valence-electron chi connectivity index (χ0n) is 50.0. The number of amides is 3. The van der Waals surface area contributed by atoms with Crippen LogP contribution in [-0.2, 0) is 86.6 Å². The van der Waals surface area contributed by atoms with Crippen molar-refractivity contribution in [1.82, 2.24) is 44.4 Å². The number of aliphatic carboxylic acids is 3. The monoisotopic (exact) mass is 1160 g/mol. The molecule has 3 aliphatic carbocycles. The summed E-state index contributed by atoms with van der Waals surface area (Å²) in [6, 6.07) is 13.1. The molecule has 3 aromatic rings. The first-order chi connectivity index (χ1) is 40.7. The van der Waals surface area contributed by atoms with Crippen LogP contribution >= 0.6 is 0 Å². The predicted octanol–water partition coefficient (Wildman–Crippen LogP) is 6.88. The number of fused-ring (bicyclic) bond motifs is 3. The highest BCUT2D eigenvalue weighted by molar-refractivity contribution is 5.85. The minimum atomic E-state index is -0.789. The van der Waals surface area contributed by atoms with Crippen molar-refractivity contribution in [3.63, 3.8) is 0 Å². The fourth-order valence-electron chi connectivity index (χ4n) is 15.5. The van der Waals surface area contributed by atoms with Crippen molar-refractivity contribution in [3.05, 3.63) is 87.3 Å². The van der Waals surface area contributed by atoms with Gasteiger partial charge in [0.1, 0.15) is 0 Å². The van der Waals surface area contributed by atoms with Gasteiger partial charge < -0.3 is 30.0 Å². The van der Waals surface area contributed by atoms with Crippen molar-refractivity contribution >= 4 is 35.6 Å². The second-order valence-electron chi connectivity index (χ2n) is 26.1. The van der Waals surface area contributed by atoms with E-state index in [-0.39, 0.29) is 47.7 Å². The van der Waals surface area contributed by atoms with Gasteiger partial charge in [-0.1, -0.05) is 18.2 Å². The highest BCUT2D eigenvalue weighted by Crippen LogP contribution is 2.44. The zero-order valence-corrected chi connectivity index (χ0v) is 50.0. The molecule has 3 aromatic heterocycles. The van der Waals surface area contributed by atoms with Gasteiger partial charge in [0.15, 0.2) is 0 Å². The van der Waals surface area contributed by atoms with E-state index in [1.165, 1.54) is 72.3 Å². The van der Waals surface area contributed by atoms with Crippen LogP contribution in [0.1, 0.15) is 166 Å². The zero-order chi connectivity index (χ0) is 58.7. The van der Waals surface area contributed by atoms with E-state index < -0.39 is 17.9 Å². The van der Waals surface area contributed by atoms with Gasteiger partial charge in [-0.25, -0.2) is 0 Å². The molecule has 9 heterocycles. The van der Waals surface area contributed by atoms with Gasteiger partial charge in [-0.05, 0) is 235 Å². The molecule has 6 aliphatic heterocycles. The average Bonchev–Trinajstić information content (AvgIpc) is 3.96. The molecule has 12 rings (SSSR count). The first-order valence-corrected chi connectivity index (χ1v) is 32.3. The Balaban J connectivity index is 0.000000140. The molecule has 18 nitrogen and oxygen atoms in total. The lowest BCUT2D eigenvalue weighted by Crippen LogP contribution is -2.54. The van der Waals surface area contributed by atoms with Crippen LogP contribution < -0.4 is 0 Å². The average molecular weight is 1160 g/mol. The highest BCUT2D eigenvalue weighted by Gasteiger charge is 2.49. The smallest absolute Gasteiger partial charge is 0.317 e. The fraction of sp³-hybridized carbons (Fsp3) is 0.682. The van der Waals surface area contributed by atoms with Gasteiger partial charge >= 0.3 is 17.9 Å². The Hall–Kier alpha value is -5.85. The van der Waals surface area contributed by atoms with Crippen LogP contribution in [0.3, 0.4) is 0 Å². The van der Waals surface area contributed by atoms with Crippen molar-refractivity contribution < 1.29 is 44.1 Å². The molecule has 3 spiro atoms. The first-order valence-electron chi connectivity index (χ1n) is 32.3. The summed E-state index contributed by atoms with van der Waals surface area (Å²) in [5.41, 5.74) is 10.6. The van der Waals surface area contributed by atoms with Gasteiger partial charge in [0.05, 0.1) is 35.9 Å². The van der Waals surface area contributed by atoms with Crippen LogP contribution in [0.15, 0.2) is 36.4 Å². The Labute approximate surface area is 497 Å². The van der Waals surface area contributed by atoms with E-state index >= 15 is 0 Å².